The van der Waals surface area contributed by atoms with E-state index in [1.165, 1.54) is 276 Å². The van der Waals surface area contributed by atoms with Gasteiger partial charge in [-0.1, -0.05) is 352 Å². The number of rotatable bonds is 69. The fourth-order valence-corrected chi connectivity index (χ4v) is 11.2. The fourth-order valence-electron chi connectivity index (χ4n) is 11.2. The minimum absolute atomic E-state index is 0.0775. The van der Waals surface area contributed by atoms with Crippen LogP contribution in [0, 0.1) is 0 Å². The molecule has 0 fully saturated rings. The predicted octanol–water partition coefficient (Wildman–Crippen LogP) is 25.7. The van der Waals surface area contributed by atoms with Crippen LogP contribution in [-0.2, 0) is 28.6 Å². The molecule has 0 heterocycles. The van der Waals surface area contributed by atoms with Gasteiger partial charge in [0.25, 0.3) is 0 Å². The number of hydrogen-bond acceptors (Lipinski definition) is 6. The maximum atomic E-state index is 12.9. The van der Waals surface area contributed by atoms with Crippen LogP contribution in [0.5, 0.6) is 0 Å². The fraction of sp³-hybridized carbons (Fsp3) is 0.857. The van der Waals surface area contributed by atoms with Gasteiger partial charge in [0.15, 0.2) is 6.10 Å². The van der Waals surface area contributed by atoms with Crippen molar-refractivity contribution in [3.63, 3.8) is 0 Å². The first-order chi connectivity index (χ1) is 41.0. The minimum Gasteiger partial charge on any atom is -0.462 e. The summed E-state index contributed by atoms with van der Waals surface area (Å²) in [6.07, 6.45) is 91.7. The van der Waals surface area contributed by atoms with E-state index >= 15 is 0 Å². The largest absolute Gasteiger partial charge is 0.462 e. The van der Waals surface area contributed by atoms with Crippen molar-refractivity contribution in [3.05, 3.63) is 48.6 Å². The summed E-state index contributed by atoms with van der Waals surface area (Å²) in [4.78, 5) is 38.4. The maximum absolute atomic E-state index is 12.9. The van der Waals surface area contributed by atoms with Gasteiger partial charge in [0, 0.05) is 19.3 Å². The van der Waals surface area contributed by atoms with E-state index in [4.69, 9.17) is 14.2 Å². The molecule has 1 unspecified atom stereocenters. The summed E-state index contributed by atoms with van der Waals surface area (Å²) in [7, 11) is 0. The Morgan fingerprint density at radius 3 is 0.711 bits per heavy atom. The van der Waals surface area contributed by atoms with Crippen LogP contribution in [0.2, 0.25) is 0 Å². The highest BCUT2D eigenvalue weighted by molar-refractivity contribution is 5.71. The summed E-state index contributed by atoms with van der Waals surface area (Å²) in [5.74, 6) is -0.876. The Kier molecular flexibility index (Phi) is 69.6. The quantitative estimate of drug-likeness (QED) is 0.0261. The number of allylic oxidation sites excluding steroid dienone is 8. The number of carbonyl (C=O) groups is 3. The van der Waals surface area contributed by atoms with E-state index in [1.54, 1.807) is 0 Å². The van der Waals surface area contributed by atoms with Crippen LogP contribution in [0.15, 0.2) is 48.6 Å². The van der Waals surface area contributed by atoms with Crippen molar-refractivity contribution in [2.75, 3.05) is 13.2 Å². The molecule has 6 nitrogen and oxygen atoms in total. The number of carbonyl (C=O) groups excluding carboxylic acids is 3. The molecule has 0 aromatic rings. The summed E-state index contributed by atoms with van der Waals surface area (Å²) in [5.41, 5.74) is 0. The van der Waals surface area contributed by atoms with Crippen molar-refractivity contribution in [1.29, 1.82) is 0 Å². The molecule has 0 aliphatic heterocycles. The van der Waals surface area contributed by atoms with E-state index < -0.39 is 6.10 Å². The zero-order valence-corrected chi connectivity index (χ0v) is 56.0. The van der Waals surface area contributed by atoms with Crippen LogP contribution in [0.3, 0.4) is 0 Å². The molecule has 0 radical (unpaired) electrons. The van der Waals surface area contributed by atoms with Gasteiger partial charge in [0.1, 0.15) is 13.2 Å². The molecule has 1 atom stereocenters. The summed E-state index contributed by atoms with van der Waals surface area (Å²) < 4.78 is 17.0. The third kappa shape index (κ3) is 70.0. The topological polar surface area (TPSA) is 78.9 Å². The normalized spacial score (nSPS) is 12.3. The van der Waals surface area contributed by atoms with Gasteiger partial charge in [-0.15, -0.1) is 0 Å². The highest BCUT2D eigenvalue weighted by Crippen LogP contribution is 2.19. The highest BCUT2D eigenvalue weighted by Gasteiger charge is 2.19. The summed E-state index contributed by atoms with van der Waals surface area (Å²) in [5, 5.41) is 0. The minimum atomic E-state index is -0.783. The molecule has 0 spiro atoms. The van der Waals surface area contributed by atoms with Gasteiger partial charge in [0.05, 0.1) is 0 Å². The van der Waals surface area contributed by atoms with Crippen molar-refractivity contribution >= 4 is 17.9 Å². The first-order valence-corrected chi connectivity index (χ1v) is 37.1. The van der Waals surface area contributed by atoms with E-state index in [1.807, 2.05) is 0 Å². The lowest BCUT2D eigenvalue weighted by molar-refractivity contribution is -0.167. The lowest BCUT2D eigenvalue weighted by atomic mass is 10.0. The van der Waals surface area contributed by atoms with E-state index in [-0.39, 0.29) is 31.1 Å². The number of unbranched alkanes of at least 4 members (excludes halogenated alkanes) is 50. The number of esters is 3. The smallest absolute Gasteiger partial charge is 0.306 e. The van der Waals surface area contributed by atoms with E-state index in [9.17, 15) is 14.4 Å². The van der Waals surface area contributed by atoms with Gasteiger partial charge in [-0.25, -0.2) is 0 Å². The van der Waals surface area contributed by atoms with Crippen LogP contribution < -0.4 is 0 Å². The Morgan fingerprint density at radius 2 is 0.434 bits per heavy atom. The molecule has 0 aromatic heterocycles. The van der Waals surface area contributed by atoms with E-state index in [0.29, 0.717) is 19.3 Å². The van der Waals surface area contributed by atoms with Gasteiger partial charge < -0.3 is 14.2 Å². The predicted molar refractivity (Wildman–Crippen MR) is 362 cm³/mol. The zero-order chi connectivity index (χ0) is 59.9. The van der Waals surface area contributed by atoms with Crippen LogP contribution in [-0.4, -0.2) is 37.2 Å². The van der Waals surface area contributed by atoms with Gasteiger partial charge in [-0.3, -0.25) is 14.4 Å². The Labute approximate surface area is 518 Å². The monoisotopic (exact) mass is 1160 g/mol. The molecule has 0 rings (SSSR count). The van der Waals surface area contributed by atoms with Gasteiger partial charge in [-0.05, 0) is 83.5 Å². The summed E-state index contributed by atoms with van der Waals surface area (Å²) in [6, 6.07) is 0. The molecular weight excluding hydrogens is 1020 g/mol. The first-order valence-electron chi connectivity index (χ1n) is 37.1. The summed E-state index contributed by atoms with van der Waals surface area (Å²) in [6.45, 7) is 6.63. The Hall–Kier alpha value is -2.63. The van der Waals surface area contributed by atoms with E-state index in [2.05, 4.69) is 69.4 Å². The molecule has 0 aliphatic carbocycles. The molecule has 0 bridgehead atoms. The molecular formula is C77H142O6. The molecule has 0 saturated heterocycles. The van der Waals surface area contributed by atoms with Gasteiger partial charge in [-0.2, -0.15) is 0 Å². The van der Waals surface area contributed by atoms with Crippen molar-refractivity contribution in [3.8, 4) is 0 Å². The molecule has 486 valence electrons. The molecule has 0 aliphatic rings. The van der Waals surface area contributed by atoms with Crippen LogP contribution in [0.4, 0.5) is 0 Å². The maximum Gasteiger partial charge on any atom is 0.306 e. The van der Waals surface area contributed by atoms with Crippen molar-refractivity contribution in [1.82, 2.24) is 0 Å². The highest BCUT2D eigenvalue weighted by atomic mass is 16.6. The van der Waals surface area contributed by atoms with Gasteiger partial charge in [0.2, 0.25) is 0 Å². The second-order valence-electron chi connectivity index (χ2n) is 25.2. The van der Waals surface area contributed by atoms with Crippen LogP contribution >= 0.6 is 0 Å². The lowest BCUT2D eigenvalue weighted by Gasteiger charge is -2.18. The third-order valence-electron chi connectivity index (χ3n) is 16.8. The number of hydrogen-bond donors (Lipinski definition) is 0. The molecule has 0 saturated carbocycles. The zero-order valence-electron chi connectivity index (χ0n) is 56.0. The average Bonchev–Trinajstić information content (AvgIpc) is 3.49. The average molecular weight is 1160 g/mol. The van der Waals surface area contributed by atoms with Crippen molar-refractivity contribution < 1.29 is 28.6 Å². The van der Waals surface area contributed by atoms with E-state index in [0.717, 1.165) is 89.9 Å². The van der Waals surface area contributed by atoms with Crippen LogP contribution in [0.25, 0.3) is 0 Å². The first kappa shape index (κ1) is 80.4. The van der Waals surface area contributed by atoms with Crippen LogP contribution in [0.1, 0.15) is 406 Å². The SMILES string of the molecule is CCCCC/C=C\C/C=C\C/C=C\CCCCCCCCC(=O)OC(COC(=O)CCCCCCC/C=C\CCCCC)COC(=O)CCCCCCCCCCCCCCCCCCCCCCCCCCCCCCCCCCCC. The molecule has 0 amide bonds. The third-order valence-corrected chi connectivity index (χ3v) is 16.8. The second-order valence-corrected chi connectivity index (χ2v) is 25.2. The molecule has 6 heteroatoms. The van der Waals surface area contributed by atoms with Gasteiger partial charge >= 0.3 is 17.9 Å². The Bertz CT molecular complexity index is 1430. The molecule has 0 N–H and O–H groups in total. The molecule has 83 heavy (non-hydrogen) atoms. The second kappa shape index (κ2) is 71.8. The Morgan fingerprint density at radius 1 is 0.241 bits per heavy atom. The van der Waals surface area contributed by atoms with Crippen molar-refractivity contribution in [2.24, 2.45) is 0 Å². The Balaban J connectivity index is 4.09. The number of ether oxygens (including phenoxy) is 3. The lowest BCUT2D eigenvalue weighted by Crippen LogP contribution is -2.30. The standard InChI is InChI=1S/C77H142O6/c1-4-7-10-13-16-19-22-25-27-29-31-32-33-34-35-36-37-38-39-40-41-42-43-44-45-47-48-50-52-55-58-61-64-67-70-76(79)82-73-74(72-81-75(78)69-66-63-60-57-54-24-21-18-15-12-9-6-3)83-77(80)71-68-65-62-59-56-53-51-49-46-30-28-26-23-20-17-14-11-8-5-2/h17-18,20-21,26,28,46,49,74H,4-16,19,22-25,27,29-45,47-48,50-73H2,1-3H3/b20-17-,21-18-,28-26-,49-46-. The summed E-state index contributed by atoms with van der Waals surface area (Å²) >= 11 is 0. The van der Waals surface area contributed by atoms with Crippen molar-refractivity contribution in [2.45, 2.75) is 412 Å². The molecule has 0 aromatic carbocycles.